The zero-order valence-electron chi connectivity index (χ0n) is 9.88. The largest absolute Gasteiger partial charge is 0.349 e. The number of carbonyl (C=O) groups is 1. The van der Waals surface area contributed by atoms with Crippen molar-refractivity contribution >= 4 is 5.91 Å². The second-order valence-electron chi connectivity index (χ2n) is 3.80. The molecule has 0 radical (unpaired) electrons. The van der Waals surface area contributed by atoms with Crippen LogP contribution in [0.3, 0.4) is 0 Å². The fourth-order valence-electron chi connectivity index (χ4n) is 1.19. The van der Waals surface area contributed by atoms with Crippen LogP contribution in [-0.4, -0.2) is 38.0 Å². The highest BCUT2D eigenvalue weighted by Crippen LogP contribution is 1.94. The number of amides is 1. The summed E-state index contributed by atoms with van der Waals surface area (Å²) in [5, 5.41) is 3.30. The maximum absolute atomic E-state index is 11.2. The molecule has 0 spiro atoms. The second kappa shape index (κ2) is 9.54. The number of terminal acetylenes is 1. The Bertz CT molecular complexity index is 206. The highest BCUT2D eigenvalue weighted by molar-refractivity contribution is 5.75. The molecule has 0 saturated heterocycles. The van der Waals surface area contributed by atoms with Gasteiger partial charge in [-0.15, -0.1) is 12.3 Å². The van der Waals surface area contributed by atoms with Gasteiger partial charge in [0.1, 0.15) is 0 Å². The molecular weight excluding hydrogens is 188 g/mol. The van der Waals surface area contributed by atoms with Crippen LogP contribution in [0.1, 0.15) is 32.1 Å². The molecule has 0 fully saturated rings. The third-order valence-electron chi connectivity index (χ3n) is 2.17. The SMILES string of the molecule is C#CCCCCNCCCC(=O)N(C)C. The van der Waals surface area contributed by atoms with Crippen molar-refractivity contribution in [2.75, 3.05) is 27.2 Å². The van der Waals surface area contributed by atoms with E-state index in [1.54, 1.807) is 19.0 Å². The van der Waals surface area contributed by atoms with E-state index in [1.165, 1.54) is 0 Å². The van der Waals surface area contributed by atoms with E-state index in [2.05, 4.69) is 11.2 Å². The van der Waals surface area contributed by atoms with E-state index in [1.807, 2.05) is 0 Å². The Hall–Kier alpha value is -1.01. The number of carbonyl (C=O) groups excluding carboxylic acids is 1. The first-order valence-electron chi connectivity index (χ1n) is 5.53. The summed E-state index contributed by atoms with van der Waals surface area (Å²) in [5.41, 5.74) is 0. The summed E-state index contributed by atoms with van der Waals surface area (Å²) in [7, 11) is 3.57. The van der Waals surface area contributed by atoms with Gasteiger partial charge in [0.15, 0.2) is 0 Å². The molecule has 86 valence electrons. The van der Waals surface area contributed by atoms with Crippen LogP contribution in [0.4, 0.5) is 0 Å². The smallest absolute Gasteiger partial charge is 0.222 e. The monoisotopic (exact) mass is 210 g/mol. The third-order valence-corrected chi connectivity index (χ3v) is 2.17. The average Bonchev–Trinajstić information content (AvgIpc) is 2.21. The molecular formula is C12H22N2O. The average molecular weight is 210 g/mol. The quantitative estimate of drug-likeness (QED) is 0.483. The molecule has 15 heavy (non-hydrogen) atoms. The van der Waals surface area contributed by atoms with E-state index in [9.17, 15) is 4.79 Å². The van der Waals surface area contributed by atoms with Crippen LogP contribution in [0.25, 0.3) is 0 Å². The van der Waals surface area contributed by atoms with Crippen molar-refractivity contribution in [3.8, 4) is 12.3 Å². The van der Waals surface area contributed by atoms with Crippen molar-refractivity contribution < 1.29 is 4.79 Å². The summed E-state index contributed by atoms with van der Waals surface area (Å²) in [6.45, 7) is 1.91. The minimum Gasteiger partial charge on any atom is -0.349 e. The van der Waals surface area contributed by atoms with Gasteiger partial charge in [0.2, 0.25) is 5.91 Å². The van der Waals surface area contributed by atoms with Gasteiger partial charge in [0.25, 0.3) is 0 Å². The van der Waals surface area contributed by atoms with E-state index < -0.39 is 0 Å². The van der Waals surface area contributed by atoms with Gasteiger partial charge in [0.05, 0.1) is 0 Å². The molecule has 1 amide bonds. The highest BCUT2D eigenvalue weighted by Gasteiger charge is 2.01. The molecule has 1 N–H and O–H groups in total. The molecule has 0 rings (SSSR count). The van der Waals surface area contributed by atoms with Crippen molar-refractivity contribution in [2.24, 2.45) is 0 Å². The molecule has 0 saturated carbocycles. The lowest BCUT2D eigenvalue weighted by atomic mass is 10.2. The Balaban J connectivity index is 3.12. The molecule has 3 heteroatoms. The van der Waals surface area contributed by atoms with Crippen molar-refractivity contribution in [3.63, 3.8) is 0 Å². The molecule has 0 heterocycles. The Morgan fingerprint density at radius 3 is 2.53 bits per heavy atom. The van der Waals surface area contributed by atoms with Crippen LogP contribution < -0.4 is 5.32 Å². The molecule has 3 nitrogen and oxygen atoms in total. The van der Waals surface area contributed by atoms with E-state index in [4.69, 9.17) is 6.42 Å². The second-order valence-corrected chi connectivity index (χ2v) is 3.80. The molecule has 0 bridgehead atoms. The number of hydrogen-bond acceptors (Lipinski definition) is 2. The number of hydrogen-bond donors (Lipinski definition) is 1. The standard InChI is InChI=1S/C12H22N2O/c1-4-5-6-7-10-13-11-8-9-12(15)14(2)3/h1,13H,5-11H2,2-3H3. The molecule has 0 unspecified atom stereocenters. The van der Waals surface area contributed by atoms with E-state index in [0.717, 1.165) is 38.8 Å². The first kappa shape index (κ1) is 14.0. The van der Waals surface area contributed by atoms with Crippen molar-refractivity contribution in [3.05, 3.63) is 0 Å². The molecule has 0 aromatic heterocycles. The molecule has 0 aliphatic rings. The van der Waals surface area contributed by atoms with Gasteiger partial charge in [0, 0.05) is 26.9 Å². The fourth-order valence-corrected chi connectivity index (χ4v) is 1.19. The lowest BCUT2D eigenvalue weighted by Crippen LogP contribution is -2.23. The van der Waals surface area contributed by atoms with E-state index >= 15 is 0 Å². The molecule has 0 aromatic carbocycles. The van der Waals surface area contributed by atoms with Gasteiger partial charge in [-0.2, -0.15) is 0 Å². The fraction of sp³-hybridized carbons (Fsp3) is 0.750. The van der Waals surface area contributed by atoms with Crippen molar-refractivity contribution in [1.29, 1.82) is 0 Å². The van der Waals surface area contributed by atoms with E-state index in [0.29, 0.717) is 6.42 Å². The minimum atomic E-state index is 0.198. The Labute approximate surface area is 93.2 Å². The predicted octanol–water partition coefficient (Wildman–Crippen LogP) is 1.25. The summed E-state index contributed by atoms with van der Waals surface area (Å²) in [4.78, 5) is 12.8. The number of rotatable bonds is 8. The third kappa shape index (κ3) is 9.30. The maximum atomic E-state index is 11.2. The van der Waals surface area contributed by atoms with Crippen molar-refractivity contribution in [1.82, 2.24) is 10.2 Å². The van der Waals surface area contributed by atoms with Gasteiger partial charge in [-0.05, 0) is 32.4 Å². The first-order chi connectivity index (χ1) is 7.18. The normalized spacial score (nSPS) is 9.67. The van der Waals surface area contributed by atoms with Crippen LogP contribution in [-0.2, 0) is 4.79 Å². The van der Waals surface area contributed by atoms with Crippen LogP contribution in [0.2, 0.25) is 0 Å². The minimum absolute atomic E-state index is 0.198. The summed E-state index contributed by atoms with van der Waals surface area (Å²) >= 11 is 0. The molecule has 0 aliphatic heterocycles. The maximum Gasteiger partial charge on any atom is 0.222 e. The summed E-state index contributed by atoms with van der Waals surface area (Å²) in [6.07, 6.45) is 9.74. The van der Waals surface area contributed by atoms with Gasteiger partial charge in [-0.25, -0.2) is 0 Å². The van der Waals surface area contributed by atoms with Crippen LogP contribution >= 0.6 is 0 Å². The van der Waals surface area contributed by atoms with E-state index in [-0.39, 0.29) is 5.91 Å². The summed E-state index contributed by atoms with van der Waals surface area (Å²) < 4.78 is 0. The number of nitrogens with zero attached hydrogens (tertiary/aromatic N) is 1. The zero-order valence-corrected chi connectivity index (χ0v) is 9.88. The molecule has 0 atom stereocenters. The Morgan fingerprint density at radius 2 is 1.93 bits per heavy atom. The lowest BCUT2D eigenvalue weighted by Gasteiger charge is -2.09. The Morgan fingerprint density at radius 1 is 1.27 bits per heavy atom. The van der Waals surface area contributed by atoms with Crippen molar-refractivity contribution in [2.45, 2.75) is 32.1 Å². The van der Waals surface area contributed by atoms with Gasteiger partial charge in [-0.3, -0.25) is 4.79 Å². The Kier molecular flexibility index (Phi) is 8.90. The lowest BCUT2D eigenvalue weighted by molar-refractivity contribution is -0.128. The molecule has 0 aromatic rings. The topological polar surface area (TPSA) is 32.3 Å². The molecule has 0 aliphatic carbocycles. The first-order valence-corrected chi connectivity index (χ1v) is 5.53. The van der Waals surface area contributed by atoms with Gasteiger partial charge >= 0.3 is 0 Å². The van der Waals surface area contributed by atoms with Crippen LogP contribution in [0.5, 0.6) is 0 Å². The summed E-state index contributed by atoms with van der Waals surface area (Å²) in [5.74, 6) is 2.82. The van der Waals surface area contributed by atoms with Gasteiger partial charge < -0.3 is 10.2 Å². The zero-order chi connectivity index (χ0) is 11.5. The van der Waals surface area contributed by atoms with Gasteiger partial charge in [-0.1, -0.05) is 0 Å². The predicted molar refractivity (Wildman–Crippen MR) is 63.5 cm³/mol. The van der Waals surface area contributed by atoms with Crippen LogP contribution in [0.15, 0.2) is 0 Å². The summed E-state index contributed by atoms with van der Waals surface area (Å²) in [6, 6.07) is 0. The number of unbranched alkanes of at least 4 members (excludes halogenated alkanes) is 2. The highest BCUT2D eigenvalue weighted by atomic mass is 16.2. The van der Waals surface area contributed by atoms with Crippen LogP contribution in [0, 0.1) is 12.3 Å². The number of nitrogens with one attached hydrogen (secondary N) is 1.